The van der Waals surface area contributed by atoms with Crippen LogP contribution < -0.4 is 5.32 Å². The van der Waals surface area contributed by atoms with Gasteiger partial charge in [0.2, 0.25) is 0 Å². The van der Waals surface area contributed by atoms with E-state index in [1.807, 2.05) is 54.6 Å². The van der Waals surface area contributed by atoms with Gasteiger partial charge < -0.3 is 15.4 Å². The minimum Gasteiger partial charge on any atom is -0.387 e. The molecule has 5 heteroatoms. The summed E-state index contributed by atoms with van der Waals surface area (Å²) in [6.07, 6.45) is 0.916. The highest BCUT2D eigenvalue weighted by Gasteiger charge is 2.13. The van der Waals surface area contributed by atoms with Gasteiger partial charge in [0.05, 0.1) is 17.8 Å². The molecule has 4 rings (SSSR count). The van der Waals surface area contributed by atoms with Crippen molar-refractivity contribution in [1.82, 2.24) is 15.3 Å². The number of H-pyrrole nitrogens is 1. The normalized spacial score (nSPS) is 12.4. The van der Waals surface area contributed by atoms with Crippen LogP contribution in [0.25, 0.3) is 21.8 Å². The number of para-hydroxylation sites is 1. The number of carbonyl (C=O) groups is 1. The van der Waals surface area contributed by atoms with E-state index in [1.165, 1.54) is 0 Å². The fraction of sp³-hybridized carbons (Fsp3) is 0.100. The predicted molar refractivity (Wildman–Crippen MR) is 97.3 cm³/mol. The van der Waals surface area contributed by atoms with Crippen LogP contribution in [0.2, 0.25) is 0 Å². The monoisotopic (exact) mass is 331 g/mol. The molecule has 0 saturated heterocycles. The lowest BCUT2D eigenvalue weighted by Crippen LogP contribution is -2.29. The van der Waals surface area contributed by atoms with Crippen LogP contribution in [0.4, 0.5) is 0 Å². The number of nitrogens with zero attached hydrogens (tertiary/aromatic N) is 1. The van der Waals surface area contributed by atoms with Crippen LogP contribution in [-0.4, -0.2) is 27.5 Å². The second-order valence-electron chi connectivity index (χ2n) is 5.92. The molecule has 2 heterocycles. The third-order valence-electron chi connectivity index (χ3n) is 4.26. The van der Waals surface area contributed by atoms with Crippen molar-refractivity contribution in [3.8, 4) is 0 Å². The molecule has 0 bridgehead atoms. The van der Waals surface area contributed by atoms with Gasteiger partial charge in [0.25, 0.3) is 5.91 Å². The number of hydrogen-bond acceptors (Lipinski definition) is 3. The van der Waals surface area contributed by atoms with E-state index >= 15 is 0 Å². The van der Waals surface area contributed by atoms with E-state index in [9.17, 15) is 9.90 Å². The first kappa shape index (κ1) is 15.4. The van der Waals surface area contributed by atoms with E-state index in [4.69, 9.17) is 0 Å². The van der Waals surface area contributed by atoms with Crippen molar-refractivity contribution in [3.05, 3.63) is 78.1 Å². The lowest BCUT2D eigenvalue weighted by atomic mass is 10.1. The number of aliphatic hydroxyl groups excluding tert-OH is 1. The molecule has 2 aromatic heterocycles. The fourth-order valence-electron chi connectivity index (χ4n) is 2.95. The molecule has 0 spiro atoms. The number of aromatic amines is 1. The summed E-state index contributed by atoms with van der Waals surface area (Å²) in [7, 11) is 0. The Morgan fingerprint density at radius 1 is 1.04 bits per heavy atom. The molecule has 5 nitrogen and oxygen atoms in total. The molecule has 1 amide bonds. The molecule has 0 saturated carbocycles. The Kier molecular flexibility index (Phi) is 3.91. The minimum absolute atomic E-state index is 0.135. The summed E-state index contributed by atoms with van der Waals surface area (Å²) >= 11 is 0. The first-order valence-corrected chi connectivity index (χ1v) is 8.10. The Morgan fingerprint density at radius 2 is 1.80 bits per heavy atom. The van der Waals surface area contributed by atoms with Crippen LogP contribution in [0.15, 0.2) is 66.9 Å². The van der Waals surface area contributed by atoms with E-state index in [-0.39, 0.29) is 12.5 Å². The lowest BCUT2D eigenvalue weighted by Gasteiger charge is -2.12. The molecule has 1 unspecified atom stereocenters. The Bertz CT molecular complexity index is 1040. The van der Waals surface area contributed by atoms with Crippen molar-refractivity contribution < 1.29 is 9.90 Å². The maximum atomic E-state index is 12.4. The third-order valence-corrected chi connectivity index (χ3v) is 4.26. The van der Waals surface area contributed by atoms with Crippen molar-refractivity contribution >= 4 is 27.7 Å². The van der Waals surface area contributed by atoms with Gasteiger partial charge in [-0.15, -0.1) is 0 Å². The zero-order valence-electron chi connectivity index (χ0n) is 13.4. The van der Waals surface area contributed by atoms with Gasteiger partial charge in [-0.25, -0.2) is 4.98 Å². The Labute approximate surface area is 144 Å². The number of hydrogen-bond donors (Lipinski definition) is 3. The fourth-order valence-corrected chi connectivity index (χ4v) is 2.95. The average Bonchev–Trinajstić information content (AvgIpc) is 3.04. The van der Waals surface area contributed by atoms with E-state index < -0.39 is 6.10 Å². The van der Waals surface area contributed by atoms with E-state index in [1.54, 1.807) is 12.3 Å². The molecular weight excluding hydrogens is 314 g/mol. The number of benzene rings is 2. The maximum Gasteiger partial charge on any atom is 0.270 e. The van der Waals surface area contributed by atoms with Gasteiger partial charge in [-0.3, -0.25) is 4.79 Å². The molecule has 0 radical (unpaired) electrons. The summed E-state index contributed by atoms with van der Waals surface area (Å²) < 4.78 is 0. The van der Waals surface area contributed by atoms with Gasteiger partial charge in [0.15, 0.2) is 0 Å². The number of aromatic nitrogens is 2. The number of fused-ring (bicyclic) bond motifs is 3. The maximum absolute atomic E-state index is 12.4. The summed E-state index contributed by atoms with van der Waals surface area (Å²) in [4.78, 5) is 19.9. The van der Waals surface area contributed by atoms with Gasteiger partial charge in [-0.1, -0.05) is 48.5 Å². The third kappa shape index (κ3) is 2.97. The van der Waals surface area contributed by atoms with Crippen LogP contribution in [0.3, 0.4) is 0 Å². The molecule has 2 aromatic carbocycles. The number of carbonyl (C=O) groups excluding carboxylic acids is 1. The Hall–Kier alpha value is -3.18. The Morgan fingerprint density at radius 3 is 2.64 bits per heavy atom. The van der Waals surface area contributed by atoms with Crippen LogP contribution in [0, 0.1) is 0 Å². The number of pyridine rings is 1. The van der Waals surface area contributed by atoms with Gasteiger partial charge >= 0.3 is 0 Å². The van der Waals surface area contributed by atoms with E-state index in [0.29, 0.717) is 5.69 Å². The largest absolute Gasteiger partial charge is 0.387 e. The van der Waals surface area contributed by atoms with Gasteiger partial charge in [0, 0.05) is 22.8 Å². The molecule has 3 N–H and O–H groups in total. The standard InChI is InChI=1S/C20H17N3O2/c24-19(13-6-2-1-3-7-13)12-22-20(25)17-10-15-14-8-4-5-9-16(14)23-18(15)11-21-17/h1-11,19,23-24H,12H2,(H,22,25). The van der Waals surface area contributed by atoms with E-state index in [0.717, 1.165) is 27.4 Å². The summed E-state index contributed by atoms with van der Waals surface area (Å²) in [5, 5.41) is 14.9. The molecule has 0 aliphatic carbocycles. The number of rotatable bonds is 4. The van der Waals surface area contributed by atoms with Crippen LogP contribution in [0.1, 0.15) is 22.2 Å². The smallest absolute Gasteiger partial charge is 0.270 e. The van der Waals surface area contributed by atoms with E-state index in [2.05, 4.69) is 15.3 Å². The predicted octanol–water partition coefficient (Wildman–Crippen LogP) is 3.18. The van der Waals surface area contributed by atoms with Crippen molar-refractivity contribution in [2.45, 2.75) is 6.10 Å². The second-order valence-corrected chi connectivity index (χ2v) is 5.92. The highest BCUT2D eigenvalue weighted by atomic mass is 16.3. The summed E-state index contributed by atoms with van der Waals surface area (Å²) in [6.45, 7) is 0.135. The van der Waals surface area contributed by atoms with Crippen molar-refractivity contribution in [1.29, 1.82) is 0 Å². The zero-order valence-corrected chi connectivity index (χ0v) is 13.4. The van der Waals surface area contributed by atoms with Crippen LogP contribution >= 0.6 is 0 Å². The van der Waals surface area contributed by atoms with Gasteiger partial charge in [-0.2, -0.15) is 0 Å². The zero-order chi connectivity index (χ0) is 17.2. The first-order valence-electron chi connectivity index (χ1n) is 8.10. The van der Waals surface area contributed by atoms with Crippen LogP contribution in [-0.2, 0) is 0 Å². The molecule has 124 valence electrons. The molecule has 4 aromatic rings. The van der Waals surface area contributed by atoms with Crippen molar-refractivity contribution in [2.24, 2.45) is 0 Å². The highest BCUT2D eigenvalue weighted by molar-refractivity contribution is 6.09. The van der Waals surface area contributed by atoms with Gasteiger partial charge in [-0.05, 0) is 17.7 Å². The van der Waals surface area contributed by atoms with Crippen molar-refractivity contribution in [3.63, 3.8) is 0 Å². The molecule has 0 aliphatic heterocycles. The highest BCUT2D eigenvalue weighted by Crippen LogP contribution is 2.25. The molecule has 1 atom stereocenters. The average molecular weight is 331 g/mol. The lowest BCUT2D eigenvalue weighted by molar-refractivity contribution is 0.0911. The quantitative estimate of drug-likeness (QED) is 0.537. The SMILES string of the molecule is O=C(NCC(O)c1ccccc1)c1cc2c(cn1)[nH]c1ccccc12. The summed E-state index contributed by atoms with van der Waals surface area (Å²) in [5.74, 6) is -0.304. The number of amides is 1. The molecule has 25 heavy (non-hydrogen) atoms. The number of aliphatic hydroxyl groups is 1. The minimum atomic E-state index is -0.748. The first-order chi connectivity index (χ1) is 12.2. The van der Waals surface area contributed by atoms with Crippen LogP contribution in [0.5, 0.6) is 0 Å². The van der Waals surface area contributed by atoms with Crippen molar-refractivity contribution in [2.75, 3.05) is 6.54 Å². The molecule has 0 aliphatic rings. The summed E-state index contributed by atoms with van der Waals surface area (Å²) in [6, 6.07) is 18.9. The molecule has 0 fully saturated rings. The topological polar surface area (TPSA) is 78.0 Å². The Balaban J connectivity index is 1.55. The van der Waals surface area contributed by atoms with Gasteiger partial charge in [0.1, 0.15) is 5.69 Å². The second kappa shape index (κ2) is 6.37. The molecular formula is C20H17N3O2. The summed E-state index contributed by atoms with van der Waals surface area (Å²) in [5.41, 5.74) is 3.00. The number of nitrogens with one attached hydrogen (secondary N) is 2.